The third kappa shape index (κ3) is 29.4. The molecule has 4 aromatic heterocycles. The van der Waals surface area contributed by atoms with E-state index in [4.69, 9.17) is 221 Å². The topological polar surface area (TPSA) is 128 Å². The first-order chi connectivity index (χ1) is 45.6. The van der Waals surface area contributed by atoms with Gasteiger partial charge in [-0.2, -0.15) is 0 Å². The number of hydrogen-bond donors (Lipinski definition) is 2. The summed E-state index contributed by atoms with van der Waals surface area (Å²) in [7, 11) is 164. The molecule has 0 bridgehead atoms. The highest BCUT2D eigenvalue weighted by Gasteiger charge is 2.60. The first-order valence-electron chi connectivity index (χ1n) is 30.4. The summed E-state index contributed by atoms with van der Waals surface area (Å²) in [6.07, 6.45) is -32.8. The number of halogens is 8. The number of carbonyl (C=O) groups is 1. The lowest BCUT2D eigenvalue weighted by Gasteiger charge is -2.57. The normalized spacial score (nSPS) is 11.8. The van der Waals surface area contributed by atoms with Crippen molar-refractivity contribution in [2.24, 2.45) is 0 Å². The van der Waals surface area contributed by atoms with Crippen molar-refractivity contribution in [3.8, 4) is 0 Å². The van der Waals surface area contributed by atoms with Gasteiger partial charge in [0.2, 0.25) is 0 Å². The molecule has 0 unspecified atom stereocenters. The molecule has 52 radical (unpaired) electrons. The Morgan fingerprint density at radius 3 is 0.890 bits per heavy atom. The first-order valence-corrected chi connectivity index (χ1v) is 32.0. The third-order valence-corrected chi connectivity index (χ3v) is 18.4. The quantitative estimate of drug-likeness (QED) is 0.0310. The molecular formula is C31H34B52Br2F6N4O5. The standard InChI is InChI=1S/C12H16BF2NO2.C6H6BF2NO2.C6H4BrF2N.C6H4BrNO.CH4.B50/c1-11(2)12(3,4)18-13(17-11)8-6-5-7-16-9(8)10(14)15;8-6(9)5-4(7(11)12)2-1-3-10-5;7-4-2-1-3-10-5(4)6(8)9;7-5-2-1-3-8-6(5)4-9;;1-27(2)40(28(3)4)46(39(25)26)49(45(37(21)22)38(23)24)50(47(41(29(5)6)30(7)8)42(31(9)10)32(11)12)48(43(33(13)14)34(15)16)44(35(17)18)36(19)20/h5-7,10H,1-4H3;1-3,6,11-12H;1-3,6H;1-4H;1H4;. The van der Waals surface area contributed by atoms with Crippen molar-refractivity contribution in [1.82, 2.24) is 19.9 Å². The van der Waals surface area contributed by atoms with Crippen LogP contribution in [0, 0.1) is 0 Å². The zero-order valence-electron chi connectivity index (χ0n) is 55.2. The molecule has 0 saturated carbocycles. The van der Waals surface area contributed by atoms with Gasteiger partial charge in [-0.1, -0.05) is 19.6 Å². The fourth-order valence-corrected chi connectivity index (χ4v) is 12.9. The molecule has 1 aliphatic rings. The fraction of sp³-hybridized carbons (Fsp3) is 0.323. The minimum absolute atomic E-state index is 0. The molecule has 4 aromatic rings. The number of aromatic nitrogens is 4. The molecule has 0 spiro atoms. The van der Waals surface area contributed by atoms with Gasteiger partial charge in [-0.25, -0.2) is 26.3 Å². The predicted molar refractivity (Wildman–Crippen MR) is 473 cm³/mol. The van der Waals surface area contributed by atoms with Gasteiger partial charge >= 0.3 is 14.2 Å². The molecule has 0 atom stereocenters. The van der Waals surface area contributed by atoms with Crippen LogP contribution in [0.4, 0.5) is 26.3 Å². The summed E-state index contributed by atoms with van der Waals surface area (Å²) < 4.78 is 86.4. The lowest BCUT2D eigenvalue weighted by atomic mass is 8.24. The molecule has 5 heterocycles. The number of carbonyl (C=O) groups excluding carboxylic acids is 1. The van der Waals surface area contributed by atoms with Crippen LogP contribution in [-0.4, -0.2) is 416 Å². The van der Waals surface area contributed by atoms with E-state index in [0.29, 0.717) is 21.9 Å². The van der Waals surface area contributed by atoms with E-state index >= 15 is 0 Å². The van der Waals surface area contributed by atoms with Crippen molar-refractivity contribution in [2.45, 2.75) is 65.6 Å². The van der Waals surface area contributed by atoms with Crippen LogP contribution < -0.4 is 10.9 Å². The third-order valence-electron chi connectivity index (χ3n) is 17.1. The molecule has 0 amide bonds. The molecule has 9 nitrogen and oxygen atoms in total. The van der Waals surface area contributed by atoms with Gasteiger partial charge in [-0.05, 0) is 96.0 Å². The average molecular weight is 1380 g/mol. The summed E-state index contributed by atoms with van der Waals surface area (Å²) in [5, 5.41) is 17.3. The average Bonchev–Trinajstić information content (AvgIpc) is 0.921. The van der Waals surface area contributed by atoms with Crippen molar-refractivity contribution >= 4 is 418 Å². The van der Waals surface area contributed by atoms with Crippen LogP contribution in [0.5, 0.6) is 0 Å². The van der Waals surface area contributed by atoms with E-state index in [-0.39, 0.29) is 24.3 Å². The smallest absolute Gasteiger partial charge is 0.423 e. The van der Waals surface area contributed by atoms with Crippen LogP contribution in [-0.2, 0) is 9.31 Å². The summed E-state index contributed by atoms with van der Waals surface area (Å²) in [6, 6.07) is 12.4. The Hall–Kier alpha value is 0.0266. The Labute approximate surface area is 653 Å². The highest BCUT2D eigenvalue weighted by atomic mass is 79.9. The number of aldehydes is 1. The molecule has 1 fully saturated rings. The van der Waals surface area contributed by atoms with Crippen LogP contribution >= 0.6 is 31.9 Å². The van der Waals surface area contributed by atoms with E-state index in [1.54, 1.807) is 36.5 Å². The molecule has 0 aliphatic carbocycles. The van der Waals surface area contributed by atoms with Gasteiger partial charge in [0.05, 0.1) is 11.2 Å². The Morgan fingerprint density at radius 1 is 0.390 bits per heavy atom. The van der Waals surface area contributed by atoms with Gasteiger partial charge < -0.3 is 19.4 Å². The summed E-state index contributed by atoms with van der Waals surface area (Å²) in [4.78, 5) is 24.4. The maximum absolute atomic E-state index is 12.9. The van der Waals surface area contributed by atoms with Gasteiger partial charge in [0.15, 0.2) is 6.29 Å². The van der Waals surface area contributed by atoms with Crippen LogP contribution in [0.15, 0.2) is 82.3 Å². The molecule has 0 aromatic carbocycles. The second-order valence-corrected chi connectivity index (χ2v) is 26.2. The van der Waals surface area contributed by atoms with E-state index in [1.807, 2.05) is 27.7 Å². The summed E-state index contributed by atoms with van der Waals surface area (Å²) in [5.74, 6) is 0. The maximum Gasteiger partial charge on any atom is 0.496 e. The second-order valence-electron chi connectivity index (χ2n) is 24.5. The summed E-state index contributed by atoms with van der Waals surface area (Å²) in [6.45, 7) is 7.52. The fourth-order valence-electron chi connectivity index (χ4n) is 12.1. The largest absolute Gasteiger partial charge is 0.496 e. The minimum Gasteiger partial charge on any atom is -0.423 e. The van der Waals surface area contributed by atoms with Crippen molar-refractivity contribution in [2.75, 3.05) is 0 Å². The Bertz CT molecular complexity index is 2790. The molecule has 100 heavy (non-hydrogen) atoms. The number of rotatable bonds is 29. The molecular weight excluding hydrogens is 1340 g/mol. The van der Waals surface area contributed by atoms with Crippen LogP contribution in [0.2, 0.25) is 0 Å². The first kappa shape index (κ1) is 100. The van der Waals surface area contributed by atoms with Crippen LogP contribution in [0.3, 0.4) is 0 Å². The highest BCUT2D eigenvalue weighted by molar-refractivity contribution is 9.10. The minimum atomic E-state index is -2.79. The predicted octanol–water partition coefficient (Wildman–Crippen LogP) is -11.9. The van der Waals surface area contributed by atoms with Crippen molar-refractivity contribution in [1.29, 1.82) is 0 Å². The number of pyridine rings is 4. The molecule has 5 rings (SSSR count). The van der Waals surface area contributed by atoms with Gasteiger partial charge in [-0.15, -0.1) is 0 Å². The molecule has 1 aliphatic heterocycles. The Balaban J connectivity index is 0.00000154. The zero-order valence-corrected chi connectivity index (χ0v) is 58.4. The second kappa shape index (κ2) is 47.2. The van der Waals surface area contributed by atoms with Gasteiger partial charge in [0.25, 0.3) is 19.3 Å². The maximum atomic E-state index is 12.9. The zero-order chi connectivity index (χ0) is 76.8. The number of hydrogen-bond acceptors (Lipinski definition) is 9. The van der Waals surface area contributed by atoms with Gasteiger partial charge in [0.1, 0.15) is 22.8 Å². The Morgan fingerprint density at radius 2 is 0.640 bits per heavy atom. The van der Waals surface area contributed by atoms with E-state index in [0.717, 1.165) is 4.47 Å². The van der Waals surface area contributed by atoms with E-state index < -0.39 is 204 Å². The monoisotopic (exact) mass is 1390 g/mol. The van der Waals surface area contributed by atoms with Crippen molar-refractivity contribution < 1.29 is 50.5 Å². The lowest BCUT2D eigenvalue weighted by molar-refractivity contribution is 0.00578. The molecule has 1 saturated heterocycles. The highest BCUT2D eigenvalue weighted by Crippen LogP contribution is 2.37. The van der Waals surface area contributed by atoms with Crippen LogP contribution in [0.1, 0.15) is 82.0 Å². The number of alkyl halides is 6. The van der Waals surface area contributed by atoms with Crippen molar-refractivity contribution in [3.05, 3.63) is 105 Å². The van der Waals surface area contributed by atoms with Crippen LogP contribution in [0.25, 0.3) is 0 Å². The van der Waals surface area contributed by atoms with E-state index in [1.165, 1.54) is 36.8 Å². The van der Waals surface area contributed by atoms with Gasteiger partial charge in [0, 0.05) is 399 Å². The SMILES string of the molecule is C.CC1(C)OB(c2cccnc2C(F)F)OC1(C)C.FC(F)c1ncccc1Br.O=Cc1ncccc1Br.OB(O)c1cccnc1C(F)F.[B]B([B])B(B([B])[B])B(B([B])[B])B(B(B([B])[B])B([B])[B])B(B(B(B([B])[B])B([B])[B])B(B([B])[B])B([B])[B])B(B(B([B])[B])B([B])[B])B(B([B])[B])B([B])[B]. The van der Waals surface area contributed by atoms with Crippen molar-refractivity contribution in [3.63, 3.8) is 0 Å². The summed E-state index contributed by atoms with van der Waals surface area (Å²) in [5.41, 5.74) is -1.69. The molecule has 420 valence electrons. The summed E-state index contributed by atoms with van der Waals surface area (Å²) >= 11 is 6.12. The lowest BCUT2D eigenvalue weighted by Crippen LogP contribution is -2.95. The number of nitrogens with zero attached hydrogens (tertiary/aromatic N) is 4. The van der Waals surface area contributed by atoms with E-state index in [2.05, 4.69) is 51.8 Å². The molecule has 69 heteroatoms. The Kier molecular flexibility index (Phi) is 47.2. The van der Waals surface area contributed by atoms with Gasteiger partial charge in [-0.3, -0.25) is 24.7 Å². The van der Waals surface area contributed by atoms with E-state index in [9.17, 15) is 31.1 Å². The molecule has 2 N–H and O–H groups in total.